The Hall–Kier alpha value is -1.48. The average Bonchev–Trinajstić information content (AvgIpc) is 2.69. The molecule has 1 aromatic carbocycles. The van der Waals surface area contributed by atoms with E-state index in [1.807, 2.05) is 30.2 Å². The number of rotatable bonds is 1. The molecule has 3 rings (SSSR count). The predicted molar refractivity (Wildman–Crippen MR) is 67.7 cm³/mol. The average molecular weight is 228 g/mol. The quantitative estimate of drug-likeness (QED) is 0.745. The number of hydrogen-bond donors (Lipinski definition) is 0. The second-order valence-electron chi connectivity index (χ2n) is 3.84. The molecule has 0 unspecified atom stereocenters. The van der Waals surface area contributed by atoms with Crippen molar-refractivity contribution in [2.45, 2.75) is 10.3 Å². The van der Waals surface area contributed by atoms with Crippen LogP contribution in [0.3, 0.4) is 0 Å². The van der Waals surface area contributed by atoms with E-state index in [0.717, 1.165) is 0 Å². The molecule has 0 amide bonds. The summed E-state index contributed by atoms with van der Waals surface area (Å²) in [4.78, 5) is 7.84. The Kier molecular flexibility index (Phi) is 2.33. The number of benzene rings is 1. The molecule has 0 saturated carbocycles. The van der Waals surface area contributed by atoms with Crippen molar-refractivity contribution in [1.29, 1.82) is 0 Å². The van der Waals surface area contributed by atoms with Gasteiger partial charge in [0.1, 0.15) is 5.37 Å². The van der Waals surface area contributed by atoms with Crippen molar-refractivity contribution < 1.29 is 0 Å². The summed E-state index contributed by atoms with van der Waals surface area (Å²) in [5.74, 6) is 0. The maximum absolute atomic E-state index is 4.19. The van der Waals surface area contributed by atoms with Crippen molar-refractivity contribution in [2.75, 3.05) is 11.9 Å². The van der Waals surface area contributed by atoms with Crippen molar-refractivity contribution >= 4 is 17.4 Å². The zero-order valence-electron chi connectivity index (χ0n) is 9.00. The van der Waals surface area contributed by atoms with Gasteiger partial charge < -0.3 is 4.90 Å². The number of nitrogens with zero attached hydrogens (tertiary/aromatic N) is 2. The maximum Gasteiger partial charge on any atom is 0.106 e. The van der Waals surface area contributed by atoms with E-state index in [-0.39, 0.29) is 0 Å². The molecule has 0 aliphatic carbocycles. The largest absolute Gasteiger partial charge is 0.357 e. The summed E-state index contributed by atoms with van der Waals surface area (Å²) >= 11 is 1.88. The zero-order chi connectivity index (χ0) is 11.0. The molecule has 0 bridgehead atoms. The number of thioether (sulfide) groups is 1. The molecule has 1 atom stereocenters. The van der Waals surface area contributed by atoms with E-state index < -0.39 is 0 Å². The summed E-state index contributed by atoms with van der Waals surface area (Å²) < 4.78 is 0. The third-order valence-electron chi connectivity index (χ3n) is 2.81. The first-order valence-electron chi connectivity index (χ1n) is 5.25. The molecule has 2 heterocycles. The van der Waals surface area contributed by atoms with Crippen LogP contribution in [0.4, 0.5) is 5.69 Å². The van der Waals surface area contributed by atoms with Gasteiger partial charge in [-0.15, -0.1) is 0 Å². The monoisotopic (exact) mass is 228 g/mol. The minimum absolute atomic E-state index is 0.353. The Morgan fingerprint density at radius 3 is 2.81 bits per heavy atom. The molecule has 1 aliphatic rings. The Morgan fingerprint density at radius 1 is 1.19 bits per heavy atom. The van der Waals surface area contributed by atoms with E-state index in [4.69, 9.17) is 0 Å². The van der Waals surface area contributed by atoms with Crippen molar-refractivity contribution in [2.24, 2.45) is 0 Å². The van der Waals surface area contributed by atoms with Crippen LogP contribution < -0.4 is 4.90 Å². The third-order valence-corrected chi connectivity index (χ3v) is 4.22. The van der Waals surface area contributed by atoms with Gasteiger partial charge in [-0.1, -0.05) is 30.0 Å². The minimum atomic E-state index is 0.353. The Balaban J connectivity index is 1.99. The second-order valence-corrected chi connectivity index (χ2v) is 4.96. The van der Waals surface area contributed by atoms with E-state index in [1.165, 1.54) is 16.1 Å². The Labute approximate surface area is 99.3 Å². The van der Waals surface area contributed by atoms with Gasteiger partial charge in [0.15, 0.2) is 0 Å². The lowest BCUT2D eigenvalue weighted by molar-refractivity contribution is 0.906. The number of anilines is 1. The van der Waals surface area contributed by atoms with E-state index in [1.54, 1.807) is 0 Å². The highest BCUT2D eigenvalue weighted by atomic mass is 32.2. The predicted octanol–water partition coefficient (Wildman–Crippen LogP) is 3.32. The molecule has 16 heavy (non-hydrogen) atoms. The SMILES string of the molecule is CN1c2ccccc2S[C@H]1c1cccnc1. The second kappa shape index (κ2) is 3.83. The fraction of sp³-hybridized carbons (Fsp3) is 0.154. The fourth-order valence-electron chi connectivity index (χ4n) is 1.99. The van der Waals surface area contributed by atoms with Crippen molar-refractivity contribution in [3.8, 4) is 0 Å². The molecule has 0 radical (unpaired) electrons. The molecule has 1 aliphatic heterocycles. The normalized spacial score (nSPS) is 18.6. The van der Waals surface area contributed by atoms with Gasteiger partial charge in [0, 0.05) is 29.9 Å². The van der Waals surface area contributed by atoms with Gasteiger partial charge in [-0.25, -0.2) is 0 Å². The van der Waals surface area contributed by atoms with Gasteiger partial charge in [-0.3, -0.25) is 4.98 Å². The van der Waals surface area contributed by atoms with Crippen LogP contribution in [0.2, 0.25) is 0 Å². The molecule has 0 saturated heterocycles. The van der Waals surface area contributed by atoms with Gasteiger partial charge in [0.05, 0.1) is 5.69 Å². The fourth-order valence-corrected chi connectivity index (χ4v) is 3.27. The molecular weight excluding hydrogens is 216 g/mol. The number of hydrogen-bond acceptors (Lipinski definition) is 3. The van der Waals surface area contributed by atoms with Gasteiger partial charge in [0.2, 0.25) is 0 Å². The molecule has 2 aromatic rings. The Bertz CT molecular complexity index is 498. The summed E-state index contributed by atoms with van der Waals surface area (Å²) in [5, 5.41) is 0.353. The van der Waals surface area contributed by atoms with Gasteiger partial charge >= 0.3 is 0 Å². The summed E-state index contributed by atoms with van der Waals surface area (Å²) in [6.07, 6.45) is 3.76. The smallest absolute Gasteiger partial charge is 0.106 e. The first kappa shape index (κ1) is 9.73. The lowest BCUT2D eigenvalue weighted by atomic mass is 10.2. The van der Waals surface area contributed by atoms with Crippen LogP contribution in [0.15, 0.2) is 53.7 Å². The summed E-state index contributed by atoms with van der Waals surface area (Å²) in [6, 6.07) is 12.6. The molecule has 2 nitrogen and oxygen atoms in total. The first-order valence-corrected chi connectivity index (χ1v) is 6.12. The molecule has 80 valence electrons. The van der Waals surface area contributed by atoms with Crippen LogP contribution in [0.5, 0.6) is 0 Å². The van der Waals surface area contributed by atoms with Crippen LogP contribution >= 0.6 is 11.8 Å². The summed E-state index contributed by atoms with van der Waals surface area (Å²) in [6.45, 7) is 0. The zero-order valence-corrected chi connectivity index (χ0v) is 9.82. The molecule has 1 aromatic heterocycles. The summed E-state index contributed by atoms with van der Waals surface area (Å²) in [7, 11) is 2.14. The maximum atomic E-state index is 4.19. The number of para-hydroxylation sites is 1. The molecular formula is C13H12N2S. The summed E-state index contributed by atoms with van der Waals surface area (Å²) in [5.41, 5.74) is 2.56. The third kappa shape index (κ3) is 1.48. The highest BCUT2D eigenvalue weighted by molar-refractivity contribution is 8.00. The lowest BCUT2D eigenvalue weighted by Gasteiger charge is -2.21. The highest BCUT2D eigenvalue weighted by Crippen LogP contribution is 2.49. The highest BCUT2D eigenvalue weighted by Gasteiger charge is 2.27. The molecule has 0 fully saturated rings. The number of pyridine rings is 1. The van der Waals surface area contributed by atoms with Gasteiger partial charge in [0.25, 0.3) is 0 Å². The lowest BCUT2D eigenvalue weighted by Crippen LogP contribution is -2.17. The van der Waals surface area contributed by atoms with Crippen LogP contribution in [-0.2, 0) is 0 Å². The molecule has 0 N–H and O–H groups in total. The van der Waals surface area contributed by atoms with E-state index in [2.05, 4.69) is 47.3 Å². The van der Waals surface area contributed by atoms with Gasteiger partial charge in [-0.2, -0.15) is 0 Å². The van der Waals surface area contributed by atoms with E-state index in [0.29, 0.717) is 5.37 Å². The van der Waals surface area contributed by atoms with Crippen molar-refractivity contribution in [3.63, 3.8) is 0 Å². The van der Waals surface area contributed by atoms with Gasteiger partial charge in [-0.05, 0) is 18.2 Å². The number of fused-ring (bicyclic) bond motifs is 1. The van der Waals surface area contributed by atoms with Crippen molar-refractivity contribution in [1.82, 2.24) is 4.98 Å². The van der Waals surface area contributed by atoms with Crippen molar-refractivity contribution in [3.05, 3.63) is 54.4 Å². The van der Waals surface area contributed by atoms with Crippen LogP contribution in [-0.4, -0.2) is 12.0 Å². The molecule has 3 heteroatoms. The molecule has 0 spiro atoms. The van der Waals surface area contributed by atoms with E-state index in [9.17, 15) is 0 Å². The standard InChI is InChI=1S/C13H12N2S/c1-15-11-6-2-3-7-12(11)16-13(15)10-5-4-8-14-9-10/h2-9,13H,1H3/t13-/m0/s1. The Morgan fingerprint density at radius 2 is 2.06 bits per heavy atom. The first-order chi connectivity index (χ1) is 7.86. The number of aromatic nitrogens is 1. The van der Waals surface area contributed by atoms with Crippen LogP contribution in [0, 0.1) is 0 Å². The minimum Gasteiger partial charge on any atom is -0.357 e. The van der Waals surface area contributed by atoms with Crippen LogP contribution in [0.25, 0.3) is 0 Å². The topological polar surface area (TPSA) is 16.1 Å². The van der Waals surface area contributed by atoms with E-state index >= 15 is 0 Å². The van der Waals surface area contributed by atoms with Crippen LogP contribution in [0.1, 0.15) is 10.9 Å².